The predicted molar refractivity (Wildman–Crippen MR) is 141 cm³/mol. The van der Waals surface area contributed by atoms with Crippen molar-refractivity contribution in [1.29, 1.82) is 0 Å². The molecule has 35 heavy (non-hydrogen) atoms. The van der Waals surface area contributed by atoms with E-state index in [2.05, 4.69) is 52.8 Å². The Bertz CT molecular complexity index is 1310. The highest BCUT2D eigenvalue weighted by Gasteiger charge is 2.22. The lowest BCUT2D eigenvalue weighted by Gasteiger charge is -2.20. The van der Waals surface area contributed by atoms with Crippen LogP contribution in [-0.2, 0) is 30.9 Å². The second-order valence-electron chi connectivity index (χ2n) is 9.57. The fraction of sp³-hybridized carbons (Fsp3) is 0.407. The number of fused-ring (bicyclic) bond motifs is 3. The van der Waals surface area contributed by atoms with Crippen LogP contribution in [0.5, 0.6) is 0 Å². The molecule has 8 nitrogen and oxygen atoms in total. The quantitative estimate of drug-likeness (QED) is 0.245. The molecule has 2 heterocycles. The van der Waals surface area contributed by atoms with Gasteiger partial charge in [-0.25, -0.2) is 9.97 Å². The summed E-state index contributed by atoms with van der Waals surface area (Å²) < 4.78 is 7.66. The van der Waals surface area contributed by atoms with Gasteiger partial charge in [-0.15, -0.1) is 0 Å². The summed E-state index contributed by atoms with van der Waals surface area (Å²) in [4.78, 5) is 9.42. The lowest BCUT2D eigenvalue weighted by molar-refractivity contribution is 0.0582. The highest BCUT2D eigenvalue weighted by Crippen LogP contribution is 2.31. The molecule has 6 N–H and O–H groups in total. The van der Waals surface area contributed by atoms with E-state index in [-0.39, 0.29) is 0 Å². The number of benzene rings is 2. The van der Waals surface area contributed by atoms with Crippen LogP contribution in [0.4, 0.5) is 5.82 Å². The van der Waals surface area contributed by atoms with Gasteiger partial charge in [-0.1, -0.05) is 36.4 Å². The second-order valence-corrected chi connectivity index (χ2v) is 9.57. The van der Waals surface area contributed by atoms with Gasteiger partial charge < -0.3 is 31.2 Å². The molecule has 0 unspecified atom stereocenters. The molecule has 0 fully saturated rings. The molecular formula is C27H36N6O2. The minimum atomic E-state index is -0.928. The van der Waals surface area contributed by atoms with E-state index in [1.165, 1.54) is 11.1 Å². The van der Waals surface area contributed by atoms with E-state index in [1.54, 1.807) is 13.8 Å². The Morgan fingerprint density at radius 2 is 1.86 bits per heavy atom. The summed E-state index contributed by atoms with van der Waals surface area (Å²) in [7, 11) is 0. The molecule has 2 aromatic carbocycles. The summed E-state index contributed by atoms with van der Waals surface area (Å²) in [5.41, 5.74) is 17.0. The summed E-state index contributed by atoms with van der Waals surface area (Å²) in [6.45, 7) is 9.04. The van der Waals surface area contributed by atoms with E-state index in [9.17, 15) is 5.11 Å². The van der Waals surface area contributed by atoms with Crippen molar-refractivity contribution in [3.05, 3.63) is 65.0 Å². The van der Waals surface area contributed by atoms with E-state index in [4.69, 9.17) is 21.2 Å². The van der Waals surface area contributed by atoms with E-state index in [0.717, 1.165) is 47.3 Å². The van der Waals surface area contributed by atoms with Crippen molar-refractivity contribution < 1.29 is 9.84 Å². The Balaban J connectivity index is 1.72. The Labute approximate surface area is 206 Å². The predicted octanol–water partition coefficient (Wildman–Crippen LogP) is 3.11. The van der Waals surface area contributed by atoms with E-state index >= 15 is 0 Å². The minimum absolute atomic E-state index is 0.344. The number of hydrogen-bond donors (Lipinski definition) is 4. The number of rotatable bonds is 11. The molecule has 0 saturated heterocycles. The molecule has 0 aliphatic carbocycles. The molecular weight excluding hydrogens is 440 g/mol. The van der Waals surface area contributed by atoms with Crippen LogP contribution in [0.25, 0.3) is 21.9 Å². The fourth-order valence-electron chi connectivity index (χ4n) is 4.39. The SMILES string of the molecule is CCOCc1nc2c(N)nc3cc(Cc4cccc(CNCCN)c4)ccc3c2n1CC(C)(C)O. The molecule has 4 rings (SSSR count). The summed E-state index contributed by atoms with van der Waals surface area (Å²) in [5.74, 6) is 1.11. The summed E-state index contributed by atoms with van der Waals surface area (Å²) in [6.07, 6.45) is 0.790. The van der Waals surface area contributed by atoms with Crippen molar-refractivity contribution in [3.63, 3.8) is 0 Å². The zero-order chi connectivity index (χ0) is 25.0. The molecule has 8 heteroatoms. The highest BCUT2D eigenvalue weighted by molar-refractivity contribution is 6.06. The fourth-order valence-corrected chi connectivity index (χ4v) is 4.39. The first-order valence-electron chi connectivity index (χ1n) is 12.1. The Morgan fingerprint density at radius 3 is 2.60 bits per heavy atom. The zero-order valence-corrected chi connectivity index (χ0v) is 20.8. The smallest absolute Gasteiger partial charge is 0.152 e. The van der Waals surface area contributed by atoms with Gasteiger partial charge in [0.2, 0.25) is 0 Å². The molecule has 0 aliphatic rings. The van der Waals surface area contributed by atoms with Crippen LogP contribution in [0.3, 0.4) is 0 Å². The monoisotopic (exact) mass is 476 g/mol. The molecule has 0 amide bonds. The third-order valence-corrected chi connectivity index (χ3v) is 5.88. The van der Waals surface area contributed by atoms with Crippen molar-refractivity contribution in [2.75, 3.05) is 25.4 Å². The zero-order valence-electron chi connectivity index (χ0n) is 20.8. The third-order valence-electron chi connectivity index (χ3n) is 5.88. The van der Waals surface area contributed by atoms with Gasteiger partial charge in [0.15, 0.2) is 5.82 Å². The van der Waals surface area contributed by atoms with Crippen LogP contribution in [-0.4, -0.2) is 44.9 Å². The number of nitrogens with two attached hydrogens (primary N) is 2. The number of imidazole rings is 1. The number of aromatic nitrogens is 3. The van der Waals surface area contributed by atoms with Gasteiger partial charge in [0, 0.05) is 31.6 Å². The van der Waals surface area contributed by atoms with Crippen LogP contribution in [0.2, 0.25) is 0 Å². The van der Waals surface area contributed by atoms with Crippen LogP contribution in [0.1, 0.15) is 43.3 Å². The van der Waals surface area contributed by atoms with E-state index < -0.39 is 5.60 Å². The molecule has 0 aliphatic heterocycles. The molecule has 4 aromatic rings. The van der Waals surface area contributed by atoms with Crippen molar-refractivity contribution in [2.45, 2.75) is 52.5 Å². The number of nitrogen functional groups attached to an aromatic ring is 1. The van der Waals surface area contributed by atoms with Gasteiger partial charge in [-0.2, -0.15) is 0 Å². The maximum atomic E-state index is 10.6. The standard InChI is InChI=1S/C27H36N6O2/c1-4-35-16-23-32-24-25(33(23)17-27(2,3)34)21-9-8-19(14-22(21)31-26(24)29)12-18-6-5-7-20(13-18)15-30-11-10-28/h5-9,13-14,30,34H,4,10-12,15-17,28H2,1-3H3,(H2,29,31). The van der Waals surface area contributed by atoms with Crippen molar-refractivity contribution >= 4 is 27.8 Å². The molecule has 0 radical (unpaired) electrons. The molecule has 0 atom stereocenters. The molecule has 2 aromatic heterocycles. The molecule has 0 bridgehead atoms. The number of nitrogens with zero attached hydrogens (tertiary/aromatic N) is 3. The maximum absolute atomic E-state index is 10.6. The maximum Gasteiger partial charge on any atom is 0.152 e. The van der Waals surface area contributed by atoms with E-state index in [1.807, 2.05) is 11.5 Å². The molecule has 0 saturated carbocycles. The first-order valence-corrected chi connectivity index (χ1v) is 12.1. The van der Waals surface area contributed by atoms with Gasteiger partial charge in [0.05, 0.1) is 23.2 Å². The van der Waals surface area contributed by atoms with Crippen molar-refractivity contribution in [3.8, 4) is 0 Å². The number of pyridine rings is 1. The average molecular weight is 477 g/mol. The third kappa shape index (κ3) is 5.97. The first-order chi connectivity index (χ1) is 16.8. The second kappa shape index (κ2) is 10.7. The number of anilines is 1. The largest absolute Gasteiger partial charge is 0.389 e. The number of hydrogen-bond acceptors (Lipinski definition) is 7. The first kappa shape index (κ1) is 25.1. The van der Waals surface area contributed by atoms with Crippen LogP contribution < -0.4 is 16.8 Å². The van der Waals surface area contributed by atoms with Gasteiger partial charge >= 0.3 is 0 Å². The van der Waals surface area contributed by atoms with Crippen LogP contribution in [0, 0.1) is 0 Å². The lowest BCUT2D eigenvalue weighted by atomic mass is 10.0. The lowest BCUT2D eigenvalue weighted by Crippen LogP contribution is -2.27. The van der Waals surface area contributed by atoms with Crippen LogP contribution in [0.15, 0.2) is 42.5 Å². The number of ether oxygens (including phenoxy) is 1. The molecule has 186 valence electrons. The van der Waals surface area contributed by atoms with Gasteiger partial charge in [-0.3, -0.25) is 0 Å². The van der Waals surface area contributed by atoms with Crippen LogP contribution >= 0.6 is 0 Å². The Hall–Kier alpha value is -3.04. The Morgan fingerprint density at radius 1 is 1.09 bits per heavy atom. The highest BCUT2D eigenvalue weighted by atomic mass is 16.5. The summed E-state index contributed by atoms with van der Waals surface area (Å²) in [6, 6.07) is 14.9. The Kier molecular flexibility index (Phi) is 7.66. The number of nitrogens with one attached hydrogen (secondary N) is 1. The normalized spacial score (nSPS) is 12.1. The molecule has 0 spiro atoms. The summed E-state index contributed by atoms with van der Waals surface area (Å²) >= 11 is 0. The summed E-state index contributed by atoms with van der Waals surface area (Å²) in [5, 5.41) is 14.9. The van der Waals surface area contributed by atoms with Gasteiger partial charge in [0.1, 0.15) is 17.9 Å². The van der Waals surface area contributed by atoms with Crippen molar-refractivity contribution in [2.24, 2.45) is 5.73 Å². The van der Waals surface area contributed by atoms with Gasteiger partial charge in [-0.05, 0) is 49.9 Å². The van der Waals surface area contributed by atoms with E-state index in [0.29, 0.717) is 37.6 Å². The minimum Gasteiger partial charge on any atom is -0.389 e. The van der Waals surface area contributed by atoms with Crippen molar-refractivity contribution in [1.82, 2.24) is 19.9 Å². The number of aliphatic hydroxyl groups is 1. The topological polar surface area (TPSA) is 124 Å². The van der Waals surface area contributed by atoms with Gasteiger partial charge in [0.25, 0.3) is 0 Å². The average Bonchev–Trinajstić information content (AvgIpc) is 3.15.